The second-order valence-corrected chi connectivity index (χ2v) is 9.86. The Kier molecular flexibility index (Phi) is 7.37. The molecule has 32 heavy (non-hydrogen) atoms. The minimum absolute atomic E-state index is 0.0787. The third-order valence-corrected chi connectivity index (χ3v) is 7.20. The fraction of sp³-hybridized carbons (Fsp3) is 0.333. The molecule has 0 atom stereocenters. The largest absolute Gasteiger partial charge is 0.375 e. The topological polar surface area (TPSA) is 90.0 Å². The first kappa shape index (κ1) is 24.0. The van der Waals surface area contributed by atoms with E-state index in [1.807, 2.05) is 0 Å². The van der Waals surface area contributed by atoms with Crippen molar-refractivity contribution in [2.24, 2.45) is 0 Å². The number of anilines is 1. The van der Waals surface area contributed by atoms with Gasteiger partial charge in [0.05, 0.1) is 17.0 Å². The van der Waals surface area contributed by atoms with Crippen LogP contribution in [0.25, 0.3) is 0 Å². The molecule has 0 aliphatic carbocycles. The molecule has 1 heterocycles. The van der Waals surface area contributed by atoms with Crippen molar-refractivity contribution in [3.05, 3.63) is 58.9 Å². The average Bonchev–Trinajstić information content (AvgIpc) is 2.77. The van der Waals surface area contributed by atoms with Gasteiger partial charge in [0.25, 0.3) is 5.91 Å². The molecule has 0 aromatic heterocycles. The van der Waals surface area contributed by atoms with Crippen LogP contribution in [0.4, 0.5) is 10.1 Å². The van der Waals surface area contributed by atoms with E-state index >= 15 is 0 Å². The fourth-order valence-electron chi connectivity index (χ4n) is 3.33. The number of nitrogens with zero attached hydrogens (tertiary/aromatic N) is 3. The molecule has 2 amide bonds. The molecule has 2 aromatic carbocycles. The van der Waals surface area contributed by atoms with Crippen LogP contribution in [-0.4, -0.2) is 81.2 Å². The van der Waals surface area contributed by atoms with Crippen LogP contribution in [0.3, 0.4) is 0 Å². The lowest BCUT2D eigenvalue weighted by molar-refractivity contribution is -0.130. The molecule has 0 bridgehead atoms. The highest BCUT2D eigenvalue weighted by atomic mass is 35.5. The highest BCUT2D eigenvalue weighted by Gasteiger charge is 2.30. The minimum Gasteiger partial charge on any atom is -0.375 e. The van der Waals surface area contributed by atoms with Gasteiger partial charge in [0.1, 0.15) is 5.82 Å². The van der Waals surface area contributed by atoms with Crippen molar-refractivity contribution in [2.75, 3.05) is 52.1 Å². The Labute approximate surface area is 191 Å². The Morgan fingerprint density at radius 1 is 1.09 bits per heavy atom. The molecule has 1 N–H and O–H groups in total. The summed E-state index contributed by atoms with van der Waals surface area (Å²) in [5, 5.41) is 3.39. The maximum Gasteiger partial charge on any atom is 0.255 e. The lowest BCUT2D eigenvalue weighted by atomic mass is 10.1. The van der Waals surface area contributed by atoms with Gasteiger partial charge in [-0.3, -0.25) is 9.59 Å². The number of rotatable bonds is 6. The Bertz CT molecular complexity index is 1120. The Morgan fingerprint density at radius 2 is 1.78 bits per heavy atom. The van der Waals surface area contributed by atoms with E-state index < -0.39 is 15.8 Å². The molecule has 1 saturated heterocycles. The van der Waals surface area contributed by atoms with Crippen LogP contribution in [0.5, 0.6) is 0 Å². The van der Waals surface area contributed by atoms with E-state index in [0.29, 0.717) is 16.3 Å². The third kappa shape index (κ3) is 5.37. The quantitative estimate of drug-likeness (QED) is 0.681. The summed E-state index contributed by atoms with van der Waals surface area (Å²) in [4.78, 5) is 27.9. The van der Waals surface area contributed by atoms with Crippen LogP contribution in [0.15, 0.2) is 47.4 Å². The van der Waals surface area contributed by atoms with Gasteiger partial charge in [-0.2, -0.15) is 4.31 Å². The maximum atomic E-state index is 13.4. The second-order valence-electron chi connectivity index (χ2n) is 7.49. The molecule has 172 valence electrons. The van der Waals surface area contributed by atoms with Crippen molar-refractivity contribution in [3.8, 4) is 0 Å². The zero-order valence-electron chi connectivity index (χ0n) is 17.7. The predicted molar refractivity (Wildman–Crippen MR) is 120 cm³/mol. The van der Waals surface area contributed by atoms with E-state index in [2.05, 4.69) is 5.32 Å². The summed E-state index contributed by atoms with van der Waals surface area (Å²) in [7, 11) is -0.578. The molecule has 0 radical (unpaired) electrons. The highest BCUT2D eigenvalue weighted by Crippen LogP contribution is 2.23. The molecule has 2 aromatic rings. The Balaban J connectivity index is 1.61. The normalized spacial score (nSPS) is 14.8. The molecule has 0 unspecified atom stereocenters. The third-order valence-electron chi connectivity index (χ3n) is 5.07. The number of amides is 2. The van der Waals surface area contributed by atoms with Gasteiger partial charge < -0.3 is 15.1 Å². The van der Waals surface area contributed by atoms with E-state index in [9.17, 15) is 22.4 Å². The number of halogens is 2. The molecule has 1 aliphatic rings. The van der Waals surface area contributed by atoms with E-state index in [0.717, 1.165) is 6.07 Å². The first-order chi connectivity index (χ1) is 15.1. The van der Waals surface area contributed by atoms with E-state index in [1.54, 1.807) is 37.2 Å². The van der Waals surface area contributed by atoms with Gasteiger partial charge in [0, 0.05) is 51.0 Å². The number of hydrogen-bond donors (Lipinski definition) is 1. The number of nitrogens with one attached hydrogen (secondary N) is 1. The summed E-state index contributed by atoms with van der Waals surface area (Å²) < 4.78 is 40.1. The number of carbonyl (C=O) groups is 2. The lowest BCUT2D eigenvalue weighted by Crippen LogP contribution is -2.51. The summed E-state index contributed by atoms with van der Waals surface area (Å²) >= 11 is 6.04. The van der Waals surface area contributed by atoms with Crippen molar-refractivity contribution >= 4 is 39.1 Å². The van der Waals surface area contributed by atoms with E-state index in [1.165, 1.54) is 27.4 Å². The van der Waals surface area contributed by atoms with Crippen LogP contribution in [0.1, 0.15) is 10.4 Å². The summed E-state index contributed by atoms with van der Waals surface area (Å²) in [6.45, 7) is 0.533. The van der Waals surface area contributed by atoms with Crippen LogP contribution in [0.2, 0.25) is 5.02 Å². The number of benzene rings is 2. The standard InChI is InChI=1S/C21H24ClFN4O4S/c1-25(2)21(29)18-7-6-15(22)12-19(18)24-14-20(28)26-8-10-27(11-9-26)32(30,31)17-5-3-4-16(23)13-17/h3-7,12-13,24H,8-11,14H2,1-2H3. The number of sulfonamides is 1. The molecule has 1 aliphatic heterocycles. The van der Waals surface area contributed by atoms with Crippen LogP contribution in [-0.2, 0) is 14.8 Å². The molecule has 8 nitrogen and oxygen atoms in total. The van der Waals surface area contributed by atoms with Gasteiger partial charge in [-0.05, 0) is 36.4 Å². The van der Waals surface area contributed by atoms with Gasteiger partial charge in [-0.25, -0.2) is 12.8 Å². The first-order valence-corrected chi connectivity index (χ1v) is 11.7. The zero-order valence-corrected chi connectivity index (χ0v) is 19.3. The summed E-state index contributed by atoms with van der Waals surface area (Å²) in [6.07, 6.45) is 0. The minimum atomic E-state index is -3.83. The Morgan fingerprint density at radius 3 is 2.41 bits per heavy atom. The lowest BCUT2D eigenvalue weighted by Gasteiger charge is -2.34. The van der Waals surface area contributed by atoms with Crippen molar-refractivity contribution in [3.63, 3.8) is 0 Å². The Hall–Kier alpha value is -2.69. The van der Waals surface area contributed by atoms with Crippen LogP contribution >= 0.6 is 11.6 Å². The van der Waals surface area contributed by atoms with Crippen LogP contribution in [0, 0.1) is 5.82 Å². The highest BCUT2D eigenvalue weighted by molar-refractivity contribution is 7.89. The first-order valence-electron chi connectivity index (χ1n) is 9.88. The molecule has 11 heteroatoms. The van der Waals surface area contributed by atoms with Gasteiger partial charge >= 0.3 is 0 Å². The van der Waals surface area contributed by atoms with Crippen molar-refractivity contribution in [2.45, 2.75) is 4.90 Å². The smallest absolute Gasteiger partial charge is 0.255 e. The number of hydrogen-bond acceptors (Lipinski definition) is 5. The molecule has 0 spiro atoms. The van der Waals surface area contributed by atoms with Gasteiger partial charge in [0.15, 0.2) is 0 Å². The predicted octanol–water partition coefficient (Wildman–Crippen LogP) is 2.13. The summed E-state index contributed by atoms with van der Waals surface area (Å²) in [6, 6.07) is 9.62. The van der Waals surface area contributed by atoms with Gasteiger partial charge in [-0.15, -0.1) is 0 Å². The van der Waals surface area contributed by atoms with Crippen molar-refractivity contribution in [1.82, 2.24) is 14.1 Å². The van der Waals surface area contributed by atoms with Gasteiger partial charge in [0.2, 0.25) is 15.9 Å². The molecular weight excluding hydrogens is 459 g/mol. The van der Waals surface area contributed by atoms with Crippen LogP contribution < -0.4 is 5.32 Å². The summed E-state index contributed by atoms with van der Waals surface area (Å²) in [5.74, 6) is -1.09. The maximum absolute atomic E-state index is 13.4. The zero-order chi connectivity index (χ0) is 23.5. The molecule has 1 fully saturated rings. The number of carbonyl (C=O) groups excluding carboxylic acids is 2. The SMILES string of the molecule is CN(C)C(=O)c1ccc(Cl)cc1NCC(=O)N1CCN(S(=O)(=O)c2cccc(F)c2)CC1. The van der Waals surface area contributed by atoms with Gasteiger partial charge in [-0.1, -0.05) is 17.7 Å². The summed E-state index contributed by atoms with van der Waals surface area (Å²) in [5.41, 5.74) is 0.829. The monoisotopic (exact) mass is 482 g/mol. The van der Waals surface area contributed by atoms with E-state index in [4.69, 9.17) is 11.6 Å². The molecular formula is C21H24ClFN4O4S. The average molecular weight is 483 g/mol. The molecule has 3 rings (SSSR count). The van der Waals surface area contributed by atoms with Crippen molar-refractivity contribution in [1.29, 1.82) is 0 Å². The fourth-order valence-corrected chi connectivity index (χ4v) is 4.95. The van der Waals surface area contributed by atoms with E-state index in [-0.39, 0.29) is 49.4 Å². The second kappa shape index (κ2) is 9.85. The van der Waals surface area contributed by atoms with Crippen molar-refractivity contribution < 1.29 is 22.4 Å². The molecule has 0 saturated carbocycles. The number of piperazine rings is 1.